The first-order valence-corrected chi connectivity index (χ1v) is 10.8. The Balaban J connectivity index is 1.48. The Kier molecular flexibility index (Phi) is 6.63. The highest BCUT2D eigenvalue weighted by Gasteiger charge is 2.31. The number of sulfonamides is 1. The lowest BCUT2D eigenvalue weighted by atomic mass is 10.2. The summed E-state index contributed by atoms with van der Waals surface area (Å²) in [6, 6.07) is 13.2. The lowest BCUT2D eigenvalue weighted by Crippen LogP contribution is -3.15. The van der Waals surface area contributed by atoms with Gasteiger partial charge in [0.25, 0.3) is 5.91 Å². The van der Waals surface area contributed by atoms with Crippen LogP contribution in [0.5, 0.6) is 5.75 Å². The maximum absolute atomic E-state index is 12.7. The predicted octanol–water partition coefficient (Wildman–Crippen LogP) is -0.892. The van der Waals surface area contributed by atoms with Gasteiger partial charge in [-0.05, 0) is 24.6 Å². The average Bonchev–Trinajstić information content (AvgIpc) is 2.70. The van der Waals surface area contributed by atoms with Gasteiger partial charge < -0.3 is 10.0 Å². The number of nitrogens with zero attached hydrogens (tertiary/aromatic N) is 2. The molecular weight excluding hydrogens is 392 g/mol. The van der Waals surface area contributed by atoms with Gasteiger partial charge >= 0.3 is 0 Å². The zero-order valence-electron chi connectivity index (χ0n) is 16.2. The van der Waals surface area contributed by atoms with Gasteiger partial charge in [-0.2, -0.15) is 9.41 Å². The molecule has 0 atom stereocenters. The summed E-state index contributed by atoms with van der Waals surface area (Å²) in [5.74, 6) is -0.448. The molecule has 0 spiro atoms. The van der Waals surface area contributed by atoms with E-state index in [0.29, 0.717) is 31.7 Å². The summed E-state index contributed by atoms with van der Waals surface area (Å²) in [5, 5.41) is 15.4. The fraction of sp³-hybridized carbons (Fsp3) is 0.300. The van der Waals surface area contributed by atoms with E-state index in [2.05, 4.69) is 10.5 Å². The highest BCUT2D eigenvalue weighted by molar-refractivity contribution is 7.89. The fourth-order valence-electron chi connectivity index (χ4n) is 3.11. The Hall–Kier alpha value is -2.75. The Labute approximate surface area is 170 Å². The molecule has 9 heteroatoms. The SMILES string of the molecule is Cc1ccc(S(=O)(=O)N2CC[NH+](CC(=O)N/N=C/c3ccccc3[O-])CC2)cc1. The van der Waals surface area contributed by atoms with Gasteiger partial charge in [0, 0.05) is 0 Å². The van der Waals surface area contributed by atoms with E-state index in [4.69, 9.17) is 0 Å². The van der Waals surface area contributed by atoms with Crippen molar-refractivity contribution in [1.82, 2.24) is 9.73 Å². The number of aryl methyl sites for hydroxylation is 1. The maximum Gasteiger partial charge on any atom is 0.295 e. The van der Waals surface area contributed by atoms with Gasteiger partial charge in [0.2, 0.25) is 10.0 Å². The van der Waals surface area contributed by atoms with Crippen molar-refractivity contribution in [2.45, 2.75) is 11.8 Å². The first kappa shape index (κ1) is 21.0. The Morgan fingerprint density at radius 2 is 1.83 bits per heavy atom. The van der Waals surface area contributed by atoms with Crippen molar-refractivity contribution in [3.8, 4) is 5.75 Å². The van der Waals surface area contributed by atoms with Crippen molar-refractivity contribution in [3.05, 3.63) is 59.7 Å². The number of rotatable bonds is 6. The summed E-state index contributed by atoms with van der Waals surface area (Å²) in [4.78, 5) is 13.3. The molecule has 2 aromatic rings. The molecule has 0 saturated carbocycles. The van der Waals surface area contributed by atoms with E-state index < -0.39 is 10.0 Å². The van der Waals surface area contributed by atoms with Crippen LogP contribution in [0.25, 0.3) is 0 Å². The molecule has 0 unspecified atom stereocenters. The molecular formula is C20H24N4O4S. The van der Waals surface area contributed by atoms with Crippen LogP contribution in [0.2, 0.25) is 0 Å². The largest absolute Gasteiger partial charge is 0.872 e. The van der Waals surface area contributed by atoms with Gasteiger partial charge in [-0.25, -0.2) is 13.8 Å². The number of hydrogen-bond donors (Lipinski definition) is 2. The smallest absolute Gasteiger partial charge is 0.295 e. The fourth-order valence-corrected chi connectivity index (χ4v) is 4.55. The summed E-state index contributed by atoms with van der Waals surface area (Å²) >= 11 is 0. The van der Waals surface area contributed by atoms with Gasteiger partial charge in [-0.3, -0.25) is 4.79 Å². The molecule has 1 saturated heterocycles. The third-order valence-electron chi connectivity index (χ3n) is 4.81. The molecule has 154 valence electrons. The maximum atomic E-state index is 12.7. The van der Waals surface area contributed by atoms with E-state index in [1.54, 1.807) is 42.5 Å². The summed E-state index contributed by atoms with van der Waals surface area (Å²) < 4.78 is 26.9. The van der Waals surface area contributed by atoms with Crippen molar-refractivity contribution >= 4 is 22.1 Å². The van der Waals surface area contributed by atoms with E-state index in [1.807, 2.05) is 6.92 Å². The van der Waals surface area contributed by atoms with E-state index in [1.165, 1.54) is 16.6 Å². The van der Waals surface area contributed by atoms with Gasteiger partial charge in [0.15, 0.2) is 6.54 Å². The van der Waals surface area contributed by atoms with Crippen LogP contribution < -0.4 is 15.4 Å². The number of nitrogens with one attached hydrogen (secondary N) is 2. The van der Waals surface area contributed by atoms with Crippen molar-refractivity contribution in [1.29, 1.82) is 0 Å². The van der Waals surface area contributed by atoms with Gasteiger partial charge in [-0.15, -0.1) is 0 Å². The lowest BCUT2D eigenvalue weighted by Gasteiger charge is -2.31. The molecule has 29 heavy (non-hydrogen) atoms. The molecule has 0 aliphatic carbocycles. The standard InChI is InChI=1S/C20H24N4O4S/c1-16-6-8-18(9-7-16)29(27,28)24-12-10-23(11-13-24)15-20(26)22-21-14-17-4-2-3-5-19(17)25/h2-9,14,25H,10-13,15H2,1H3,(H,22,26)/b21-14+. The van der Waals surface area contributed by atoms with Crippen LogP contribution in [0.1, 0.15) is 11.1 Å². The molecule has 1 fully saturated rings. The van der Waals surface area contributed by atoms with Crippen molar-refractivity contribution in [2.24, 2.45) is 5.10 Å². The number of para-hydroxylation sites is 1. The number of carbonyl (C=O) groups excluding carboxylic acids is 1. The number of amides is 1. The molecule has 8 nitrogen and oxygen atoms in total. The van der Waals surface area contributed by atoms with E-state index in [9.17, 15) is 18.3 Å². The van der Waals surface area contributed by atoms with Crippen LogP contribution in [0.3, 0.4) is 0 Å². The molecule has 0 bridgehead atoms. The minimum atomic E-state index is -3.51. The predicted molar refractivity (Wildman–Crippen MR) is 107 cm³/mol. The first-order valence-electron chi connectivity index (χ1n) is 9.34. The van der Waals surface area contributed by atoms with E-state index >= 15 is 0 Å². The summed E-state index contributed by atoms with van der Waals surface area (Å²) in [6.07, 6.45) is 1.32. The first-order chi connectivity index (χ1) is 13.9. The van der Waals surface area contributed by atoms with Crippen LogP contribution >= 0.6 is 0 Å². The van der Waals surface area contributed by atoms with E-state index in [-0.39, 0.29) is 23.1 Å². The topological polar surface area (TPSA) is 106 Å². The van der Waals surface area contributed by atoms with Crippen LogP contribution in [0.15, 0.2) is 58.5 Å². The van der Waals surface area contributed by atoms with Gasteiger partial charge in [0.1, 0.15) is 0 Å². The highest BCUT2D eigenvalue weighted by Crippen LogP contribution is 2.16. The van der Waals surface area contributed by atoms with Crippen molar-refractivity contribution in [2.75, 3.05) is 32.7 Å². The van der Waals surface area contributed by atoms with Gasteiger partial charge in [0.05, 0.1) is 37.3 Å². The second kappa shape index (κ2) is 9.17. The third-order valence-corrected chi connectivity index (χ3v) is 6.72. The molecule has 1 aliphatic rings. The quantitative estimate of drug-likeness (QED) is 0.471. The number of carbonyl (C=O) groups is 1. The number of hydrazone groups is 1. The normalized spacial score (nSPS) is 16.2. The summed E-state index contributed by atoms with van der Waals surface area (Å²) in [7, 11) is -3.51. The molecule has 1 amide bonds. The third kappa shape index (κ3) is 5.41. The Morgan fingerprint density at radius 1 is 1.17 bits per heavy atom. The van der Waals surface area contributed by atoms with Crippen LogP contribution in [-0.4, -0.2) is 57.6 Å². The zero-order chi connectivity index (χ0) is 20.9. The second-order valence-corrected chi connectivity index (χ2v) is 8.91. The molecule has 2 N–H and O–H groups in total. The molecule has 3 rings (SSSR count). The number of quaternary nitrogens is 1. The molecule has 0 radical (unpaired) electrons. The van der Waals surface area contributed by atoms with Gasteiger partial charge in [-0.1, -0.05) is 47.7 Å². The van der Waals surface area contributed by atoms with Crippen molar-refractivity contribution in [3.63, 3.8) is 0 Å². The number of piperazine rings is 1. The Morgan fingerprint density at radius 3 is 2.48 bits per heavy atom. The zero-order valence-corrected chi connectivity index (χ0v) is 17.0. The molecule has 0 aromatic heterocycles. The number of benzene rings is 2. The average molecular weight is 417 g/mol. The Bertz CT molecular complexity index is 982. The molecule has 2 aromatic carbocycles. The van der Waals surface area contributed by atoms with Crippen LogP contribution in [0, 0.1) is 6.92 Å². The van der Waals surface area contributed by atoms with Crippen LogP contribution in [0.4, 0.5) is 0 Å². The lowest BCUT2D eigenvalue weighted by molar-refractivity contribution is -0.895. The highest BCUT2D eigenvalue weighted by atomic mass is 32.2. The summed E-state index contributed by atoms with van der Waals surface area (Å²) in [5.41, 5.74) is 3.82. The van der Waals surface area contributed by atoms with E-state index in [0.717, 1.165) is 10.5 Å². The minimum Gasteiger partial charge on any atom is -0.872 e. The van der Waals surface area contributed by atoms with Crippen LogP contribution in [-0.2, 0) is 14.8 Å². The second-order valence-electron chi connectivity index (χ2n) is 6.97. The minimum absolute atomic E-state index is 0.165. The monoisotopic (exact) mass is 416 g/mol. The number of hydrogen-bond acceptors (Lipinski definition) is 5. The molecule has 1 heterocycles. The molecule has 1 aliphatic heterocycles. The summed E-state index contributed by atoms with van der Waals surface area (Å²) in [6.45, 7) is 3.87. The van der Waals surface area contributed by atoms with Crippen molar-refractivity contribution < 1.29 is 23.2 Å².